The van der Waals surface area contributed by atoms with E-state index in [0.717, 1.165) is 36.9 Å². The number of hydrogen-bond donors (Lipinski definition) is 1. The van der Waals surface area contributed by atoms with Crippen LogP contribution < -0.4 is 0 Å². The van der Waals surface area contributed by atoms with E-state index in [-0.39, 0.29) is 30.9 Å². The van der Waals surface area contributed by atoms with Gasteiger partial charge in [-0.3, -0.25) is 9.78 Å². The summed E-state index contributed by atoms with van der Waals surface area (Å²) in [7, 11) is 0. The van der Waals surface area contributed by atoms with Gasteiger partial charge in [-0.1, -0.05) is 145 Å². The van der Waals surface area contributed by atoms with Gasteiger partial charge in [-0.05, 0) is 75.3 Å². The fourth-order valence-corrected chi connectivity index (χ4v) is 7.28. The van der Waals surface area contributed by atoms with E-state index in [0.29, 0.717) is 6.08 Å². The maximum Gasteiger partial charge on any atom is 0.400 e. The molecule has 5 aromatic carbocycles. The van der Waals surface area contributed by atoms with Gasteiger partial charge in [0.2, 0.25) is 0 Å². The summed E-state index contributed by atoms with van der Waals surface area (Å²) in [5.74, 6) is -1.91. The van der Waals surface area contributed by atoms with Crippen molar-refractivity contribution in [3.63, 3.8) is 0 Å². The van der Waals surface area contributed by atoms with Crippen molar-refractivity contribution in [2.24, 2.45) is 16.7 Å². The van der Waals surface area contributed by atoms with Gasteiger partial charge in [-0.2, -0.15) is 13.2 Å². The molecule has 1 aromatic heterocycles. The first-order valence-electron chi connectivity index (χ1n) is 19.2. The number of alkyl halides is 3. The standard InChI is InChI=1S/C40H36N.C10H15F3O2.Ir/c1-39(2,3)23-25-18-19-31-32-16-11-17-33-37(32)35(30-15-10-9-14-29(30)34(31)20-25)24-41-38(33)27-21-26-12-7-8-13-28(26)36(22-27)40(4,5)6;1-6(2)7(14)5-8(15)9(3,4)10(11,12)13;/h7-20,22,24H,23H2,1-6H3;5-6,15H,1-4H3;/q-1;;/b;8-5-;. The van der Waals surface area contributed by atoms with E-state index in [2.05, 4.69) is 145 Å². The number of carbonyl (C=O) groups is 1. The number of ketones is 1. The Labute approximate surface area is 348 Å². The van der Waals surface area contributed by atoms with Gasteiger partial charge >= 0.3 is 6.18 Å². The zero-order chi connectivity index (χ0) is 41.0. The molecule has 1 aliphatic carbocycles. The van der Waals surface area contributed by atoms with Crippen LogP contribution in [0.4, 0.5) is 13.2 Å². The topological polar surface area (TPSA) is 50.2 Å². The predicted octanol–water partition coefficient (Wildman–Crippen LogP) is 14.3. The summed E-state index contributed by atoms with van der Waals surface area (Å²) in [6.45, 7) is 18.5. The third-order valence-electron chi connectivity index (χ3n) is 10.6. The van der Waals surface area contributed by atoms with E-state index in [4.69, 9.17) is 4.98 Å². The summed E-state index contributed by atoms with van der Waals surface area (Å²) >= 11 is 0. The van der Waals surface area contributed by atoms with Crippen molar-refractivity contribution >= 4 is 27.3 Å². The van der Waals surface area contributed by atoms with E-state index >= 15 is 0 Å². The number of aliphatic hydroxyl groups is 1. The van der Waals surface area contributed by atoms with Gasteiger partial charge in [0.1, 0.15) is 11.2 Å². The molecule has 0 spiro atoms. The molecule has 7 heteroatoms. The average molecular weight is 947 g/mol. The van der Waals surface area contributed by atoms with Gasteiger partial charge in [-0.15, -0.1) is 29.1 Å². The third-order valence-corrected chi connectivity index (χ3v) is 10.6. The van der Waals surface area contributed by atoms with Crippen LogP contribution in [-0.2, 0) is 36.7 Å². The minimum Gasteiger partial charge on any atom is -0.511 e. The Hall–Kier alpha value is -4.58. The summed E-state index contributed by atoms with van der Waals surface area (Å²) in [5, 5.41) is 14.1. The molecule has 0 bridgehead atoms. The van der Waals surface area contributed by atoms with E-state index < -0.39 is 29.1 Å². The summed E-state index contributed by atoms with van der Waals surface area (Å²) in [5.41, 5.74) is 10.2. The zero-order valence-electron chi connectivity index (χ0n) is 34.4. The van der Waals surface area contributed by atoms with Crippen LogP contribution in [0.1, 0.15) is 80.4 Å². The van der Waals surface area contributed by atoms with E-state index in [9.17, 15) is 23.1 Å². The maximum absolute atomic E-state index is 12.4. The Balaban J connectivity index is 0.000000333. The number of aliphatic hydroxyl groups excluding tert-OH is 1. The van der Waals surface area contributed by atoms with Crippen molar-refractivity contribution in [1.82, 2.24) is 4.98 Å². The van der Waals surface area contributed by atoms with Crippen molar-refractivity contribution in [3.8, 4) is 44.6 Å². The third kappa shape index (κ3) is 8.81. The molecule has 0 unspecified atom stereocenters. The number of fused-ring (bicyclic) bond motifs is 6. The Morgan fingerprint density at radius 2 is 1.32 bits per heavy atom. The first-order chi connectivity index (χ1) is 26.1. The predicted molar refractivity (Wildman–Crippen MR) is 226 cm³/mol. The molecule has 3 nitrogen and oxygen atoms in total. The molecule has 0 saturated heterocycles. The van der Waals surface area contributed by atoms with Gasteiger partial charge in [-0.25, -0.2) is 0 Å². The van der Waals surface area contributed by atoms with E-state index in [1.54, 1.807) is 13.8 Å². The van der Waals surface area contributed by atoms with Gasteiger partial charge in [0.05, 0.1) is 0 Å². The molecule has 1 aliphatic rings. The van der Waals surface area contributed by atoms with Crippen LogP contribution in [-0.4, -0.2) is 22.1 Å². The fraction of sp³-hybridized carbons (Fsp3) is 0.320. The van der Waals surface area contributed by atoms with Gasteiger partial charge in [0, 0.05) is 49.6 Å². The van der Waals surface area contributed by atoms with Crippen molar-refractivity contribution in [3.05, 3.63) is 126 Å². The molecule has 6 aromatic rings. The minimum absolute atomic E-state index is 0. The Morgan fingerprint density at radius 3 is 1.93 bits per heavy atom. The molecule has 0 atom stereocenters. The minimum atomic E-state index is -4.58. The number of pyridine rings is 1. The number of benzene rings is 5. The largest absolute Gasteiger partial charge is 0.511 e. The molecule has 1 heterocycles. The second-order valence-electron chi connectivity index (χ2n) is 18.0. The molecule has 1 N–H and O–H groups in total. The first kappa shape index (κ1) is 43.5. The molecule has 1 radical (unpaired) electrons. The zero-order valence-corrected chi connectivity index (χ0v) is 36.8. The van der Waals surface area contributed by atoms with Gasteiger partial charge in [0.25, 0.3) is 0 Å². The van der Waals surface area contributed by atoms with Crippen LogP contribution in [0.3, 0.4) is 0 Å². The van der Waals surface area contributed by atoms with E-state index in [1.807, 2.05) is 0 Å². The molecule has 0 saturated carbocycles. The van der Waals surface area contributed by atoms with Crippen molar-refractivity contribution in [2.75, 3.05) is 0 Å². The van der Waals surface area contributed by atoms with Crippen molar-refractivity contribution in [2.45, 2.75) is 87.2 Å². The molecular weight excluding hydrogens is 896 g/mol. The monoisotopic (exact) mass is 947 g/mol. The second-order valence-corrected chi connectivity index (χ2v) is 18.0. The van der Waals surface area contributed by atoms with Crippen LogP contribution in [0.5, 0.6) is 0 Å². The molecular formula is C50H51F3IrNO2-. The Morgan fingerprint density at radius 1 is 0.737 bits per heavy atom. The van der Waals surface area contributed by atoms with Crippen LogP contribution >= 0.6 is 0 Å². The first-order valence-corrected chi connectivity index (χ1v) is 19.2. The number of allylic oxidation sites excluding steroid dienone is 2. The number of hydrogen-bond acceptors (Lipinski definition) is 3. The van der Waals surface area contributed by atoms with Gasteiger partial charge in [0.15, 0.2) is 5.78 Å². The van der Waals surface area contributed by atoms with Crippen LogP contribution in [0.2, 0.25) is 0 Å². The van der Waals surface area contributed by atoms with Crippen LogP contribution in [0.15, 0.2) is 109 Å². The summed E-state index contributed by atoms with van der Waals surface area (Å²) in [6, 6.07) is 37.3. The average Bonchev–Trinajstić information content (AvgIpc) is 3.23. The van der Waals surface area contributed by atoms with Gasteiger partial charge < -0.3 is 5.11 Å². The molecule has 0 fully saturated rings. The quantitative estimate of drug-likeness (QED) is 0.106. The summed E-state index contributed by atoms with van der Waals surface area (Å²) < 4.78 is 37.3. The number of carbonyl (C=O) groups excluding carboxylic acids is 1. The molecule has 299 valence electrons. The van der Waals surface area contributed by atoms with E-state index in [1.165, 1.54) is 60.7 Å². The van der Waals surface area contributed by atoms with Crippen molar-refractivity contribution < 1.29 is 43.2 Å². The SMILES string of the molecule is CC(C)(C)Cc1ccc2c(c1)-c1ccccc1-c1cnc(-c3[c-]c4ccccc4c(C(C)(C)C)c3)c3cccc-2c13.CC(C)C(=O)/C=C(\O)C(C)(C)C(F)(F)F.[Ir]. The number of aromatic nitrogens is 1. The Bertz CT molecular complexity index is 2500. The normalized spacial score (nSPS) is 13.0. The fourth-order valence-electron chi connectivity index (χ4n) is 7.28. The van der Waals surface area contributed by atoms with Crippen molar-refractivity contribution in [1.29, 1.82) is 0 Å². The number of rotatable bonds is 5. The Kier molecular flexibility index (Phi) is 12.2. The van der Waals surface area contributed by atoms with Crippen LogP contribution in [0.25, 0.3) is 66.2 Å². The summed E-state index contributed by atoms with van der Waals surface area (Å²) in [6.07, 6.45) is -0.788. The summed E-state index contributed by atoms with van der Waals surface area (Å²) in [4.78, 5) is 16.3. The van der Waals surface area contributed by atoms with Crippen LogP contribution in [0, 0.1) is 22.8 Å². The maximum atomic E-state index is 12.4. The smallest absolute Gasteiger partial charge is 0.400 e. The molecule has 57 heavy (non-hydrogen) atoms. The molecule has 0 amide bonds. The number of nitrogens with zero attached hydrogens (tertiary/aromatic N) is 1. The second kappa shape index (κ2) is 16.0. The molecule has 0 aliphatic heterocycles. The number of halogens is 3. The molecule has 7 rings (SSSR count).